The second kappa shape index (κ2) is 11.6. The largest absolute Gasteiger partial charge is 0.399 e. The van der Waals surface area contributed by atoms with Crippen molar-refractivity contribution < 1.29 is 0 Å². The lowest BCUT2D eigenvalue weighted by Crippen LogP contribution is -2.02. The second-order valence-electron chi connectivity index (χ2n) is 9.31. The third-order valence-electron chi connectivity index (χ3n) is 6.71. The van der Waals surface area contributed by atoms with Crippen molar-refractivity contribution in [2.24, 2.45) is 0 Å². The van der Waals surface area contributed by atoms with Gasteiger partial charge in [-0.15, -0.1) is 0 Å². The van der Waals surface area contributed by atoms with E-state index in [2.05, 4.69) is 79.7 Å². The Kier molecular flexibility index (Phi) is 8.04. The van der Waals surface area contributed by atoms with Crippen LogP contribution in [-0.2, 0) is 25.7 Å². The normalized spacial score (nSPS) is 11.1. The van der Waals surface area contributed by atoms with E-state index in [0.717, 1.165) is 43.5 Å². The number of anilines is 2. The highest BCUT2D eigenvalue weighted by Crippen LogP contribution is 2.30. The fraction of sp³-hybridized carbons (Fsp3) is 0.250. The van der Waals surface area contributed by atoms with Crippen LogP contribution in [0.2, 0.25) is 0 Å². The van der Waals surface area contributed by atoms with E-state index in [0.29, 0.717) is 5.92 Å². The molecule has 0 amide bonds. The molecule has 0 aromatic heterocycles. The Morgan fingerprint density at radius 3 is 1.06 bits per heavy atom. The Hall–Kier alpha value is -3.52. The summed E-state index contributed by atoms with van der Waals surface area (Å²) < 4.78 is 0. The molecule has 0 bridgehead atoms. The first-order valence-corrected chi connectivity index (χ1v) is 12.5. The minimum atomic E-state index is 0.447. The molecule has 4 rings (SSSR count). The lowest BCUT2D eigenvalue weighted by Gasteiger charge is -2.18. The van der Waals surface area contributed by atoms with Crippen LogP contribution in [0.3, 0.4) is 0 Å². The molecule has 0 aliphatic heterocycles. The topological polar surface area (TPSA) is 52.0 Å². The Morgan fingerprint density at radius 2 is 0.765 bits per heavy atom. The summed E-state index contributed by atoms with van der Waals surface area (Å²) in [5, 5.41) is 0. The second-order valence-corrected chi connectivity index (χ2v) is 9.31. The van der Waals surface area contributed by atoms with E-state index in [1.54, 1.807) is 0 Å². The van der Waals surface area contributed by atoms with Gasteiger partial charge < -0.3 is 11.5 Å². The van der Waals surface area contributed by atoms with Crippen molar-refractivity contribution in [2.45, 2.75) is 51.4 Å². The lowest BCUT2D eigenvalue weighted by molar-refractivity contribution is 0.697. The zero-order chi connectivity index (χ0) is 23.8. The summed E-state index contributed by atoms with van der Waals surface area (Å²) in [6.07, 6.45) is 6.50. The van der Waals surface area contributed by atoms with E-state index in [-0.39, 0.29) is 0 Å². The molecule has 2 nitrogen and oxygen atoms in total. The highest BCUT2D eigenvalue weighted by Gasteiger charge is 2.13. The molecule has 0 atom stereocenters. The number of rotatable bonds is 10. The number of aryl methyl sites for hydroxylation is 4. The van der Waals surface area contributed by atoms with Crippen LogP contribution in [0.1, 0.15) is 59.1 Å². The first-order valence-electron chi connectivity index (χ1n) is 12.5. The van der Waals surface area contributed by atoms with Crippen LogP contribution in [0, 0.1) is 0 Å². The Morgan fingerprint density at radius 1 is 0.471 bits per heavy atom. The third-order valence-corrected chi connectivity index (χ3v) is 6.71. The van der Waals surface area contributed by atoms with Crippen LogP contribution >= 0.6 is 0 Å². The highest BCUT2D eigenvalue weighted by atomic mass is 14.5. The maximum atomic E-state index is 5.80. The number of hydrogen-bond acceptors (Lipinski definition) is 2. The van der Waals surface area contributed by atoms with Crippen molar-refractivity contribution in [1.29, 1.82) is 0 Å². The van der Waals surface area contributed by atoms with Crippen LogP contribution in [0.5, 0.6) is 0 Å². The van der Waals surface area contributed by atoms with Gasteiger partial charge in [0.2, 0.25) is 0 Å². The Balaban J connectivity index is 1.38. The summed E-state index contributed by atoms with van der Waals surface area (Å²) in [7, 11) is 0. The lowest BCUT2D eigenvalue weighted by atomic mass is 9.86. The molecule has 174 valence electrons. The van der Waals surface area contributed by atoms with Crippen LogP contribution in [0.4, 0.5) is 11.4 Å². The van der Waals surface area contributed by atoms with Crippen LogP contribution in [0.15, 0.2) is 97.1 Å². The first-order chi connectivity index (χ1) is 16.6. The molecule has 2 heteroatoms. The molecule has 34 heavy (non-hydrogen) atoms. The molecule has 0 saturated carbocycles. The minimum Gasteiger partial charge on any atom is -0.399 e. The molecule has 4 aromatic carbocycles. The summed E-state index contributed by atoms with van der Waals surface area (Å²) >= 11 is 0. The molecule has 0 aliphatic rings. The van der Waals surface area contributed by atoms with E-state index in [1.807, 2.05) is 24.3 Å². The molecular formula is C32H36N2. The van der Waals surface area contributed by atoms with Gasteiger partial charge in [-0.3, -0.25) is 0 Å². The first kappa shape index (κ1) is 23.6. The number of hydrogen-bond donors (Lipinski definition) is 2. The maximum absolute atomic E-state index is 5.80. The smallest absolute Gasteiger partial charge is 0.0314 e. The highest BCUT2D eigenvalue weighted by molar-refractivity contribution is 5.41. The molecule has 0 radical (unpaired) electrons. The van der Waals surface area contributed by atoms with E-state index < -0.39 is 0 Å². The molecular weight excluding hydrogens is 412 g/mol. The minimum absolute atomic E-state index is 0.447. The maximum Gasteiger partial charge on any atom is 0.0314 e. The molecule has 4 aromatic rings. The van der Waals surface area contributed by atoms with Crippen molar-refractivity contribution in [1.82, 2.24) is 0 Å². The van der Waals surface area contributed by atoms with Crippen LogP contribution in [0.25, 0.3) is 0 Å². The van der Waals surface area contributed by atoms with Crippen molar-refractivity contribution >= 4 is 11.4 Å². The zero-order valence-corrected chi connectivity index (χ0v) is 20.2. The van der Waals surface area contributed by atoms with Crippen molar-refractivity contribution in [2.75, 3.05) is 11.5 Å². The predicted molar refractivity (Wildman–Crippen MR) is 146 cm³/mol. The van der Waals surface area contributed by atoms with Gasteiger partial charge >= 0.3 is 0 Å². The molecule has 0 aliphatic carbocycles. The Labute approximate surface area is 204 Å². The SMILES string of the molecule is CCCC(c1ccc(CCc2ccc(N)cc2)cc1)c1ccc(CCc2ccc(N)cc2)cc1. The fourth-order valence-electron chi connectivity index (χ4n) is 4.59. The summed E-state index contributed by atoms with van der Waals surface area (Å²) in [6.45, 7) is 2.27. The monoisotopic (exact) mass is 448 g/mol. The standard InChI is InChI=1S/C32H36N2/c1-2-3-32(28-16-8-24(9-17-28)4-6-26-12-20-30(33)21-13-26)29-18-10-25(11-19-29)5-7-27-14-22-31(34)23-15-27/h8-23,32H,2-7,33-34H2,1H3. The van der Waals surface area contributed by atoms with Crippen molar-refractivity contribution in [3.63, 3.8) is 0 Å². The van der Waals surface area contributed by atoms with Crippen LogP contribution < -0.4 is 11.5 Å². The van der Waals surface area contributed by atoms with Crippen molar-refractivity contribution in [3.05, 3.63) is 130 Å². The molecule has 4 N–H and O–H groups in total. The Bertz CT molecular complexity index is 1050. The van der Waals surface area contributed by atoms with Gasteiger partial charge in [-0.1, -0.05) is 86.1 Å². The number of nitrogen functional groups attached to an aromatic ring is 2. The number of nitrogens with two attached hydrogens (primary N) is 2. The van der Waals surface area contributed by atoms with Gasteiger partial charge in [-0.25, -0.2) is 0 Å². The number of benzene rings is 4. The van der Waals surface area contributed by atoms with Gasteiger partial charge in [0.25, 0.3) is 0 Å². The van der Waals surface area contributed by atoms with Gasteiger partial charge in [-0.05, 0) is 89.8 Å². The summed E-state index contributed by atoms with van der Waals surface area (Å²) in [4.78, 5) is 0. The molecule has 0 heterocycles. The van der Waals surface area contributed by atoms with Gasteiger partial charge in [0.05, 0.1) is 0 Å². The quantitative estimate of drug-likeness (QED) is 0.249. The zero-order valence-electron chi connectivity index (χ0n) is 20.2. The summed E-state index contributed by atoms with van der Waals surface area (Å²) in [5.74, 6) is 0.447. The summed E-state index contributed by atoms with van der Waals surface area (Å²) in [5.41, 5.74) is 21.5. The third kappa shape index (κ3) is 6.51. The van der Waals surface area contributed by atoms with Crippen LogP contribution in [-0.4, -0.2) is 0 Å². The fourth-order valence-corrected chi connectivity index (χ4v) is 4.59. The van der Waals surface area contributed by atoms with E-state index >= 15 is 0 Å². The molecule has 0 unspecified atom stereocenters. The van der Waals surface area contributed by atoms with Gasteiger partial charge in [0.15, 0.2) is 0 Å². The van der Waals surface area contributed by atoms with E-state index in [9.17, 15) is 0 Å². The molecule has 0 fully saturated rings. The van der Waals surface area contributed by atoms with Gasteiger partial charge in [-0.2, -0.15) is 0 Å². The average molecular weight is 449 g/mol. The van der Waals surface area contributed by atoms with E-state index in [4.69, 9.17) is 11.5 Å². The van der Waals surface area contributed by atoms with Crippen molar-refractivity contribution in [3.8, 4) is 0 Å². The van der Waals surface area contributed by atoms with E-state index in [1.165, 1.54) is 39.8 Å². The average Bonchev–Trinajstić information content (AvgIpc) is 2.87. The summed E-state index contributed by atoms with van der Waals surface area (Å²) in [6, 6.07) is 34.9. The van der Waals surface area contributed by atoms with Gasteiger partial charge in [0, 0.05) is 17.3 Å². The van der Waals surface area contributed by atoms with Gasteiger partial charge in [0.1, 0.15) is 0 Å². The predicted octanol–water partition coefficient (Wildman–Crippen LogP) is 7.35. The molecule has 0 spiro atoms. The molecule has 0 saturated heterocycles.